The van der Waals surface area contributed by atoms with E-state index in [1.165, 1.54) is 12.8 Å². The molecule has 2 rings (SSSR count). The molecular weight excluding hydrogens is 264 g/mol. The van der Waals surface area contributed by atoms with Gasteiger partial charge in [-0.1, -0.05) is 25.9 Å². The fourth-order valence-corrected chi connectivity index (χ4v) is 2.50. The van der Waals surface area contributed by atoms with Crippen molar-refractivity contribution in [1.29, 1.82) is 0 Å². The molecule has 1 aliphatic heterocycles. The fraction of sp³-hybridized carbons (Fsp3) is 0.846. The molecule has 1 fully saturated rings. The first-order chi connectivity index (χ1) is 8.60. The molecule has 2 unspecified atom stereocenters. The maximum Gasteiger partial charge on any atom is 0.229 e. The second-order valence-corrected chi connectivity index (χ2v) is 5.69. The van der Waals surface area contributed by atoms with E-state index in [0.717, 1.165) is 30.7 Å². The zero-order chi connectivity index (χ0) is 13.1. The normalized spacial score (nSPS) is 24.5. The molecule has 0 aliphatic carbocycles. The molecule has 2 heterocycles. The summed E-state index contributed by atoms with van der Waals surface area (Å²) in [7, 11) is 0. The third-order valence-electron chi connectivity index (χ3n) is 3.69. The molecule has 0 spiro atoms. The van der Waals surface area contributed by atoms with Crippen molar-refractivity contribution in [3.8, 4) is 0 Å². The molecule has 0 radical (unpaired) electrons. The lowest BCUT2D eigenvalue weighted by Crippen LogP contribution is -2.45. The third-order valence-corrected chi connectivity index (χ3v) is 3.69. The second kappa shape index (κ2) is 7.22. The molecule has 0 amide bonds. The van der Waals surface area contributed by atoms with Crippen LogP contribution in [0.2, 0.25) is 0 Å². The van der Waals surface area contributed by atoms with Crippen molar-refractivity contribution in [3.05, 3.63) is 11.7 Å². The van der Waals surface area contributed by atoms with Crippen molar-refractivity contribution in [3.63, 3.8) is 0 Å². The number of rotatable bonds is 4. The minimum Gasteiger partial charge on any atom is -0.339 e. The van der Waals surface area contributed by atoms with Gasteiger partial charge in [-0.15, -0.1) is 12.4 Å². The Morgan fingerprint density at radius 2 is 2.21 bits per heavy atom. The average molecular weight is 289 g/mol. The molecule has 1 aromatic rings. The van der Waals surface area contributed by atoms with Gasteiger partial charge >= 0.3 is 0 Å². The van der Waals surface area contributed by atoms with E-state index in [9.17, 15) is 0 Å². The van der Waals surface area contributed by atoms with Crippen molar-refractivity contribution in [2.45, 2.75) is 52.1 Å². The van der Waals surface area contributed by atoms with E-state index >= 15 is 0 Å². The fourth-order valence-electron chi connectivity index (χ4n) is 2.50. The molecule has 1 aliphatic rings. The summed E-state index contributed by atoms with van der Waals surface area (Å²) < 4.78 is 5.24. The van der Waals surface area contributed by atoms with Crippen molar-refractivity contribution in [1.82, 2.24) is 15.0 Å². The number of hydrogen-bond donors (Lipinski definition) is 1. The van der Waals surface area contributed by atoms with Crippen LogP contribution in [-0.2, 0) is 6.54 Å². The van der Waals surface area contributed by atoms with E-state index in [0.29, 0.717) is 12.6 Å². The Labute approximate surface area is 121 Å². The van der Waals surface area contributed by atoms with Crippen LogP contribution in [0.15, 0.2) is 4.52 Å². The highest BCUT2D eigenvalue weighted by atomic mass is 35.5. The quantitative estimate of drug-likeness (QED) is 0.920. The molecule has 0 aromatic carbocycles. The Morgan fingerprint density at radius 1 is 1.47 bits per heavy atom. The number of aromatic nitrogens is 2. The number of hydrogen-bond acceptors (Lipinski definition) is 5. The van der Waals surface area contributed by atoms with Gasteiger partial charge in [-0.3, -0.25) is 4.90 Å². The van der Waals surface area contributed by atoms with Crippen molar-refractivity contribution < 1.29 is 4.52 Å². The van der Waals surface area contributed by atoms with E-state index in [-0.39, 0.29) is 18.3 Å². The van der Waals surface area contributed by atoms with E-state index in [4.69, 9.17) is 10.3 Å². The summed E-state index contributed by atoms with van der Waals surface area (Å²) in [4.78, 5) is 6.82. The molecule has 1 aromatic heterocycles. The monoisotopic (exact) mass is 288 g/mol. The molecular formula is C13H25ClN4O. The summed E-state index contributed by atoms with van der Waals surface area (Å²) in [6, 6.07) is 0.453. The Morgan fingerprint density at radius 3 is 2.79 bits per heavy atom. The highest BCUT2D eigenvalue weighted by molar-refractivity contribution is 5.85. The SMILES string of the molecule is CC1CCN(Cc2noc(C(C)C)n2)C(CN)C1.Cl. The van der Waals surface area contributed by atoms with E-state index < -0.39 is 0 Å². The van der Waals surface area contributed by atoms with Crippen molar-refractivity contribution in [2.24, 2.45) is 11.7 Å². The Balaban J connectivity index is 0.00000180. The lowest BCUT2D eigenvalue weighted by atomic mass is 9.92. The molecule has 0 bridgehead atoms. The molecule has 2 atom stereocenters. The average Bonchev–Trinajstić information content (AvgIpc) is 2.80. The van der Waals surface area contributed by atoms with E-state index in [1.54, 1.807) is 0 Å². The van der Waals surface area contributed by atoms with Gasteiger partial charge in [0.05, 0.1) is 6.54 Å². The van der Waals surface area contributed by atoms with Gasteiger partial charge in [0.1, 0.15) is 0 Å². The summed E-state index contributed by atoms with van der Waals surface area (Å²) in [5, 5.41) is 4.05. The summed E-state index contributed by atoms with van der Waals surface area (Å²) in [6.45, 7) is 8.95. The van der Waals surface area contributed by atoms with Gasteiger partial charge in [-0.2, -0.15) is 4.98 Å². The number of nitrogens with zero attached hydrogens (tertiary/aromatic N) is 3. The zero-order valence-electron chi connectivity index (χ0n) is 12.0. The zero-order valence-corrected chi connectivity index (χ0v) is 12.8. The van der Waals surface area contributed by atoms with Crippen LogP contribution in [-0.4, -0.2) is 34.2 Å². The first-order valence-corrected chi connectivity index (χ1v) is 6.86. The summed E-state index contributed by atoms with van der Waals surface area (Å²) in [5.74, 6) is 2.57. The molecule has 0 saturated carbocycles. The van der Waals surface area contributed by atoms with Gasteiger partial charge in [0.2, 0.25) is 5.89 Å². The lowest BCUT2D eigenvalue weighted by Gasteiger charge is -2.37. The molecule has 19 heavy (non-hydrogen) atoms. The maximum absolute atomic E-state index is 5.86. The van der Waals surface area contributed by atoms with Crippen LogP contribution in [0, 0.1) is 5.92 Å². The smallest absolute Gasteiger partial charge is 0.229 e. The number of likely N-dealkylation sites (tertiary alicyclic amines) is 1. The van der Waals surface area contributed by atoms with Crippen molar-refractivity contribution in [2.75, 3.05) is 13.1 Å². The third kappa shape index (κ3) is 4.16. The topological polar surface area (TPSA) is 68.2 Å². The van der Waals surface area contributed by atoms with Crippen LogP contribution < -0.4 is 5.73 Å². The number of halogens is 1. The maximum atomic E-state index is 5.86. The van der Waals surface area contributed by atoms with Crippen LogP contribution >= 0.6 is 12.4 Å². The Kier molecular flexibility index (Phi) is 6.23. The molecule has 6 heteroatoms. The number of piperidine rings is 1. The minimum atomic E-state index is 0. The summed E-state index contributed by atoms with van der Waals surface area (Å²) in [6.07, 6.45) is 2.40. The van der Waals surface area contributed by atoms with Crippen LogP contribution in [0.5, 0.6) is 0 Å². The van der Waals surface area contributed by atoms with Crippen LogP contribution in [0.25, 0.3) is 0 Å². The predicted octanol–water partition coefficient (Wildman–Crippen LogP) is 2.17. The predicted molar refractivity (Wildman–Crippen MR) is 77.3 cm³/mol. The second-order valence-electron chi connectivity index (χ2n) is 5.69. The first kappa shape index (κ1) is 16.4. The largest absolute Gasteiger partial charge is 0.339 e. The number of nitrogens with two attached hydrogens (primary N) is 1. The molecule has 5 nitrogen and oxygen atoms in total. The highest BCUT2D eigenvalue weighted by Gasteiger charge is 2.26. The van der Waals surface area contributed by atoms with Crippen LogP contribution in [0.3, 0.4) is 0 Å². The van der Waals surface area contributed by atoms with Crippen LogP contribution in [0.1, 0.15) is 51.2 Å². The summed E-state index contributed by atoms with van der Waals surface area (Å²) in [5.41, 5.74) is 5.86. The Hall–Kier alpha value is -0.650. The standard InChI is InChI=1S/C13H24N4O.ClH/c1-9(2)13-15-12(16-18-13)8-17-5-4-10(3)6-11(17)7-14;/h9-11H,4-8,14H2,1-3H3;1H. The van der Waals surface area contributed by atoms with E-state index in [2.05, 4.69) is 35.8 Å². The lowest BCUT2D eigenvalue weighted by molar-refractivity contribution is 0.111. The molecule has 110 valence electrons. The Bertz CT molecular complexity index is 382. The van der Waals surface area contributed by atoms with Gasteiger partial charge in [0, 0.05) is 18.5 Å². The van der Waals surface area contributed by atoms with Gasteiger partial charge in [-0.05, 0) is 25.3 Å². The minimum absolute atomic E-state index is 0. The molecule has 1 saturated heterocycles. The van der Waals surface area contributed by atoms with Gasteiger partial charge in [0.15, 0.2) is 5.82 Å². The van der Waals surface area contributed by atoms with Gasteiger partial charge < -0.3 is 10.3 Å². The van der Waals surface area contributed by atoms with Gasteiger partial charge in [0.25, 0.3) is 0 Å². The van der Waals surface area contributed by atoms with Gasteiger partial charge in [-0.25, -0.2) is 0 Å². The van der Waals surface area contributed by atoms with Crippen molar-refractivity contribution >= 4 is 12.4 Å². The van der Waals surface area contributed by atoms with Crippen LogP contribution in [0.4, 0.5) is 0 Å². The summed E-state index contributed by atoms with van der Waals surface area (Å²) >= 11 is 0. The van der Waals surface area contributed by atoms with E-state index in [1.807, 2.05) is 0 Å². The highest BCUT2D eigenvalue weighted by Crippen LogP contribution is 2.23. The molecule has 2 N–H and O–H groups in total. The first-order valence-electron chi connectivity index (χ1n) is 6.86.